The number of amides is 2. The Labute approximate surface area is 214 Å². The van der Waals surface area contributed by atoms with E-state index < -0.39 is 0 Å². The predicted octanol–water partition coefficient (Wildman–Crippen LogP) is 6.88. The molecule has 4 aromatic carbocycles. The first-order chi connectivity index (χ1) is 17.7. The van der Waals surface area contributed by atoms with Gasteiger partial charge in [0.1, 0.15) is 22.1 Å². The van der Waals surface area contributed by atoms with Crippen molar-refractivity contribution in [1.29, 1.82) is 0 Å². The van der Waals surface area contributed by atoms with Crippen molar-refractivity contribution < 1.29 is 14.3 Å². The van der Waals surface area contributed by atoms with Gasteiger partial charge in [0, 0.05) is 17.1 Å². The van der Waals surface area contributed by atoms with Crippen LogP contribution in [0.2, 0.25) is 0 Å². The predicted molar refractivity (Wildman–Crippen MR) is 144 cm³/mol. The van der Waals surface area contributed by atoms with E-state index in [4.69, 9.17) is 4.74 Å². The van der Waals surface area contributed by atoms with E-state index >= 15 is 0 Å². The Kier molecular flexibility index (Phi) is 6.87. The highest BCUT2D eigenvalue weighted by molar-refractivity contribution is 8.04. The molecule has 0 bridgehead atoms. The zero-order chi connectivity index (χ0) is 24.9. The highest BCUT2D eigenvalue weighted by Crippen LogP contribution is 2.40. The van der Waals surface area contributed by atoms with Gasteiger partial charge in [-0.05, 0) is 67.6 Å². The number of carbonyl (C=O) groups is 2. The summed E-state index contributed by atoms with van der Waals surface area (Å²) in [5, 5.41) is 0. The van der Waals surface area contributed by atoms with Gasteiger partial charge < -0.3 is 9.64 Å². The zero-order valence-electron chi connectivity index (χ0n) is 19.7. The van der Waals surface area contributed by atoms with Gasteiger partial charge in [0.2, 0.25) is 0 Å². The maximum atomic E-state index is 13.8. The normalized spacial score (nSPS) is 13.3. The van der Waals surface area contributed by atoms with Crippen LogP contribution in [0.5, 0.6) is 11.5 Å². The maximum absolute atomic E-state index is 13.8. The number of rotatable bonds is 8. The average molecular weight is 493 g/mol. The third-order valence-corrected chi connectivity index (χ3v) is 6.79. The molecular weight excluding hydrogens is 468 g/mol. The Bertz CT molecular complexity index is 1390. The van der Waals surface area contributed by atoms with Crippen LogP contribution in [0.4, 0.5) is 11.4 Å². The molecule has 1 heterocycles. The van der Waals surface area contributed by atoms with Crippen molar-refractivity contribution in [3.63, 3.8) is 0 Å². The largest absolute Gasteiger partial charge is 0.457 e. The molecule has 0 N–H and O–H groups in total. The first kappa shape index (κ1) is 23.5. The second-order valence-corrected chi connectivity index (χ2v) is 9.11. The van der Waals surface area contributed by atoms with Crippen molar-refractivity contribution in [3.8, 4) is 11.5 Å². The highest BCUT2D eigenvalue weighted by Gasteiger charge is 2.42. The number of para-hydroxylation sites is 2. The third kappa shape index (κ3) is 4.76. The molecule has 0 atom stereocenters. The fourth-order valence-corrected chi connectivity index (χ4v) is 5.04. The molecule has 1 aliphatic rings. The molecule has 0 saturated carbocycles. The van der Waals surface area contributed by atoms with Crippen molar-refractivity contribution >= 4 is 35.0 Å². The topological polar surface area (TPSA) is 49.9 Å². The number of nitrogens with zero attached hydrogens (tertiary/aromatic N) is 2. The van der Waals surface area contributed by atoms with E-state index in [-0.39, 0.29) is 11.8 Å². The van der Waals surface area contributed by atoms with E-state index in [0.29, 0.717) is 34.3 Å². The van der Waals surface area contributed by atoms with Crippen LogP contribution in [-0.4, -0.2) is 18.4 Å². The monoisotopic (exact) mass is 492 g/mol. The van der Waals surface area contributed by atoms with Crippen LogP contribution >= 0.6 is 11.8 Å². The van der Waals surface area contributed by atoms with E-state index in [0.717, 1.165) is 10.6 Å². The number of anilines is 2. The molecule has 2 amide bonds. The second-order valence-electron chi connectivity index (χ2n) is 8.03. The van der Waals surface area contributed by atoms with Gasteiger partial charge in [0.15, 0.2) is 0 Å². The maximum Gasteiger partial charge on any atom is 0.283 e. The van der Waals surface area contributed by atoms with Crippen LogP contribution in [0.3, 0.4) is 0 Å². The fourth-order valence-electron chi connectivity index (χ4n) is 4.03. The van der Waals surface area contributed by atoms with Gasteiger partial charge in [0.05, 0.1) is 5.69 Å². The number of hydrogen-bond donors (Lipinski definition) is 0. The van der Waals surface area contributed by atoms with Gasteiger partial charge >= 0.3 is 0 Å². The SMILES string of the molecule is CCN(C1=C(Sc2ccccc2)C(=O)N(c2ccc(Oc3ccccc3)cc2)C1=O)c1ccccc1. The van der Waals surface area contributed by atoms with E-state index in [1.165, 1.54) is 16.7 Å². The number of thioether (sulfide) groups is 1. The highest BCUT2D eigenvalue weighted by atomic mass is 32.2. The number of carbonyl (C=O) groups excluding carboxylic acids is 2. The second kappa shape index (κ2) is 10.5. The number of likely N-dealkylation sites (N-methyl/N-ethyl adjacent to an activating group) is 1. The lowest BCUT2D eigenvalue weighted by Gasteiger charge is -2.24. The molecule has 178 valence electrons. The summed E-state index contributed by atoms with van der Waals surface area (Å²) in [7, 11) is 0. The minimum atomic E-state index is -0.346. The molecule has 0 fully saturated rings. The lowest BCUT2D eigenvalue weighted by atomic mass is 10.2. The Balaban J connectivity index is 1.49. The van der Waals surface area contributed by atoms with Crippen LogP contribution in [0.15, 0.2) is 131 Å². The van der Waals surface area contributed by atoms with Gasteiger partial charge in [-0.3, -0.25) is 9.59 Å². The molecule has 0 aliphatic carbocycles. The zero-order valence-corrected chi connectivity index (χ0v) is 20.5. The summed E-state index contributed by atoms with van der Waals surface area (Å²) < 4.78 is 5.87. The summed E-state index contributed by atoms with van der Waals surface area (Å²) in [6, 6.07) is 35.8. The van der Waals surface area contributed by atoms with Crippen LogP contribution in [0, 0.1) is 0 Å². The number of hydrogen-bond acceptors (Lipinski definition) is 5. The van der Waals surface area contributed by atoms with Crippen LogP contribution < -0.4 is 14.5 Å². The summed E-state index contributed by atoms with van der Waals surface area (Å²) in [5.74, 6) is 0.650. The number of imide groups is 1. The van der Waals surface area contributed by atoms with Crippen LogP contribution in [-0.2, 0) is 9.59 Å². The Hall–Kier alpha value is -4.29. The van der Waals surface area contributed by atoms with E-state index in [9.17, 15) is 9.59 Å². The standard InChI is InChI=1S/C30H24N2O3S/c1-2-31(22-12-6-3-7-13-22)27-28(36-26-16-10-5-11-17-26)30(34)32(29(27)33)23-18-20-25(21-19-23)35-24-14-8-4-9-15-24/h3-21H,2H2,1H3. The molecule has 0 spiro atoms. The lowest BCUT2D eigenvalue weighted by Crippen LogP contribution is -2.35. The molecule has 4 aromatic rings. The minimum Gasteiger partial charge on any atom is -0.457 e. The van der Waals surface area contributed by atoms with Gasteiger partial charge in [0.25, 0.3) is 11.8 Å². The first-order valence-corrected chi connectivity index (χ1v) is 12.5. The van der Waals surface area contributed by atoms with E-state index in [1.54, 1.807) is 24.3 Å². The lowest BCUT2D eigenvalue weighted by molar-refractivity contribution is -0.120. The Morgan fingerprint density at radius 3 is 1.86 bits per heavy atom. The molecule has 5 nitrogen and oxygen atoms in total. The molecule has 1 aliphatic heterocycles. The fraction of sp³-hybridized carbons (Fsp3) is 0.0667. The van der Waals surface area contributed by atoms with Crippen LogP contribution in [0.1, 0.15) is 6.92 Å². The summed E-state index contributed by atoms with van der Waals surface area (Å²) >= 11 is 1.31. The summed E-state index contributed by atoms with van der Waals surface area (Å²) in [6.07, 6.45) is 0. The molecule has 5 rings (SSSR count). The van der Waals surface area contributed by atoms with Crippen molar-refractivity contribution in [1.82, 2.24) is 0 Å². The van der Waals surface area contributed by atoms with Crippen molar-refractivity contribution in [2.24, 2.45) is 0 Å². The average Bonchev–Trinajstić information content (AvgIpc) is 3.16. The van der Waals surface area contributed by atoms with Gasteiger partial charge in [-0.1, -0.05) is 66.4 Å². The summed E-state index contributed by atoms with van der Waals surface area (Å²) in [5.41, 5.74) is 1.73. The molecule has 0 saturated heterocycles. The van der Waals surface area contributed by atoms with Crippen molar-refractivity contribution in [2.75, 3.05) is 16.3 Å². The van der Waals surface area contributed by atoms with Gasteiger partial charge in [-0.2, -0.15) is 0 Å². The number of ether oxygens (including phenoxy) is 1. The molecule has 0 radical (unpaired) electrons. The van der Waals surface area contributed by atoms with Gasteiger partial charge in [-0.25, -0.2) is 4.90 Å². The summed E-state index contributed by atoms with van der Waals surface area (Å²) in [6.45, 7) is 2.51. The van der Waals surface area contributed by atoms with E-state index in [2.05, 4.69) is 0 Å². The Morgan fingerprint density at radius 2 is 1.25 bits per heavy atom. The molecule has 0 aromatic heterocycles. The molecule has 36 heavy (non-hydrogen) atoms. The third-order valence-electron chi connectivity index (χ3n) is 5.71. The number of benzene rings is 4. The molecular formula is C30H24N2O3S. The van der Waals surface area contributed by atoms with E-state index in [1.807, 2.05) is 103 Å². The Morgan fingerprint density at radius 1 is 0.694 bits per heavy atom. The quantitative estimate of drug-likeness (QED) is 0.251. The van der Waals surface area contributed by atoms with Crippen molar-refractivity contribution in [3.05, 3.63) is 126 Å². The van der Waals surface area contributed by atoms with Gasteiger partial charge in [-0.15, -0.1) is 0 Å². The minimum absolute atomic E-state index is 0.338. The first-order valence-electron chi connectivity index (χ1n) is 11.7. The molecule has 0 unspecified atom stereocenters. The molecule has 6 heteroatoms. The van der Waals surface area contributed by atoms with Crippen molar-refractivity contribution in [2.45, 2.75) is 11.8 Å². The van der Waals surface area contributed by atoms with Crippen LogP contribution in [0.25, 0.3) is 0 Å². The summed E-state index contributed by atoms with van der Waals surface area (Å²) in [4.78, 5) is 32.0. The smallest absolute Gasteiger partial charge is 0.283 e.